The number of pyridine rings is 1. The monoisotopic (exact) mass is 239 g/mol. The van der Waals surface area contributed by atoms with Gasteiger partial charge in [-0.3, -0.25) is 9.59 Å². The van der Waals surface area contributed by atoms with Crippen LogP contribution in [-0.4, -0.2) is 24.2 Å². The Morgan fingerprint density at radius 3 is 2.29 bits per heavy atom. The first-order valence-electron chi connectivity index (χ1n) is 5.40. The van der Waals surface area contributed by atoms with E-state index in [1.54, 1.807) is 18.3 Å². The number of hydrogen-bond donors (Lipinski definition) is 2. The normalized spacial score (nSPS) is 7.82. The van der Waals surface area contributed by atoms with E-state index in [1.807, 2.05) is 6.92 Å². The molecule has 1 aromatic heterocycles. The van der Waals surface area contributed by atoms with Gasteiger partial charge in [0, 0.05) is 6.20 Å². The molecule has 0 aromatic carbocycles. The quantitative estimate of drug-likeness (QED) is 0.605. The molecule has 1 amide bonds. The van der Waals surface area contributed by atoms with Gasteiger partial charge in [0.25, 0.3) is 5.91 Å². The number of hydrogen-bond acceptors (Lipinski definition) is 4. The largest absolute Gasteiger partial charge is 0.333 e. The molecule has 0 saturated carbocycles. The molecule has 1 heterocycles. The molecular weight excluding hydrogens is 218 g/mol. The average Bonchev–Trinajstić information content (AvgIpc) is 2.35. The van der Waals surface area contributed by atoms with Crippen LogP contribution in [0.15, 0.2) is 18.3 Å². The van der Waals surface area contributed by atoms with Gasteiger partial charge in [-0.15, -0.1) is 0 Å². The summed E-state index contributed by atoms with van der Waals surface area (Å²) in [5.41, 5.74) is 5.50. The molecule has 5 nitrogen and oxygen atoms in total. The molecule has 96 valence electrons. The van der Waals surface area contributed by atoms with Gasteiger partial charge in [0.15, 0.2) is 0 Å². The zero-order valence-electron chi connectivity index (χ0n) is 10.9. The number of carbonyl (C=O) groups is 2. The molecule has 0 aliphatic rings. The molecule has 0 fully saturated rings. The summed E-state index contributed by atoms with van der Waals surface area (Å²) in [5.74, 6) is -0.302. The van der Waals surface area contributed by atoms with Crippen molar-refractivity contribution >= 4 is 18.0 Å². The summed E-state index contributed by atoms with van der Waals surface area (Å²) in [6.45, 7) is 6.14. The van der Waals surface area contributed by atoms with E-state index in [2.05, 4.69) is 29.9 Å². The molecular formula is C12H21N3O2. The van der Waals surface area contributed by atoms with Gasteiger partial charge < -0.3 is 11.1 Å². The Morgan fingerprint density at radius 1 is 1.41 bits per heavy atom. The SMILES string of the molecule is CCC.CN.Cc1ccc(NC(=O)C=O)nc1. The highest BCUT2D eigenvalue weighted by atomic mass is 16.2. The Hall–Kier alpha value is -1.75. The fourth-order valence-corrected chi connectivity index (χ4v) is 0.697. The fraction of sp³-hybridized carbons (Fsp3) is 0.417. The number of nitrogens with zero attached hydrogens (tertiary/aromatic N) is 1. The van der Waals surface area contributed by atoms with Crippen molar-refractivity contribution in [2.24, 2.45) is 5.73 Å². The van der Waals surface area contributed by atoms with E-state index in [1.165, 1.54) is 13.5 Å². The van der Waals surface area contributed by atoms with Crippen LogP contribution in [0.25, 0.3) is 0 Å². The molecule has 1 rings (SSSR count). The van der Waals surface area contributed by atoms with Crippen molar-refractivity contribution in [3.63, 3.8) is 0 Å². The summed E-state index contributed by atoms with van der Waals surface area (Å²) < 4.78 is 0. The number of carbonyl (C=O) groups excluding carboxylic acids is 2. The van der Waals surface area contributed by atoms with Gasteiger partial charge in [-0.25, -0.2) is 4.98 Å². The molecule has 0 aliphatic carbocycles. The van der Waals surface area contributed by atoms with E-state index < -0.39 is 5.91 Å². The van der Waals surface area contributed by atoms with Crippen LogP contribution in [0.1, 0.15) is 25.8 Å². The summed E-state index contributed by atoms with van der Waals surface area (Å²) in [7, 11) is 1.50. The molecule has 0 unspecified atom stereocenters. The van der Waals surface area contributed by atoms with Crippen LogP contribution in [0.2, 0.25) is 0 Å². The topological polar surface area (TPSA) is 85.1 Å². The number of nitrogens with two attached hydrogens (primary N) is 1. The summed E-state index contributed by atoms with van der Waals surface area (Å²) >= 11 is 0. The highest BCUT2D eigenvalue weighted by Gasteiger charge is 1.98. The maximum absolute atomic E-state index is 10.5. The first-order valence-corrected chi connectivity index (χ1v) is 5.40. The lowest BCUT2D eigenvalue weighted by atomic mass is 10.3. The lowest BCUT2D eigenvalue weighted by Crippen LogP contribution is -2.13. The third-order valence-corrected chi connectivity index (χ3v) is 1.27. The summed E-state index contributed by atoms with van der Waals surface area (Å²) in [6.07, 6.45) is 3.07. The average molecular weight is 239 g/mol. The van der Waals surface area contributed by atoms with Crippen LogP contribution < -0.4 is 11.1 Å². The first kappa shape index (κ1) is 17.6. The Labute approximate surface area is 102 Å². The lowest BCUT2D eigenvalue weighted by Gasteiger charge is -1.98. The van der Waals surface area contributed by atoms with Gasteiger partial charge in [-0.05, 0) is 25.6 Å². The molecule has 5 heteroatoms. The molecule has 0 bridgehead atoms. The predicted octanol–water partition coefficient (Wildman–Crippen LogP) is 1.52. The minimum atomic E-state index is -0.689. The van der Waals surface area contributed by atoms with Gasteiger partial charge in [0.1, 0.15) is 5.82 Å². The molecule has 0 saturated heterocycles. The van der Waals surface area contributed by atoms with E-state index in [-0.39, 0.29) is 6.29 Å². The second-order valence-electron chi connectivity index (χ2n) is 3.03. The third-order valence-electron chi connectivity index (χ3n) is 1.27. The van der Waals surface area contributed by atoms with Crippen LogP contribution in [0.5, 0.6) is 0 Å². The third kappa shape index (κ3) is 10.5. The van der Waals surface area contributed by atoms with Crippen molar-refractivity contribution < 1.29 is 9.59 Å². The van der Waals surface area contributed by atoms with Crippen LogP contribution in [-0.2, 0) is 9.59 Å². The Kier molecular flexibility index (Phi) is 12.8. The maximum atomic E-state index is 10.5. The smallest absolute Gasteiger partial charge is 0.289 e. The molecule has 0 atom stereocenters. The number of rotatable bonds is 2. The van der Waals surface area contributed by atoms with Gasteiger partial charge in [0.2, 0.25) is 6.29 Å². The van der Waals surface area contributed by atoms with E-state index in [9.17, 15) is 9.59 Å². The van der Waals surface area contributed by atoms with Crippen molar-refractivity contribution in [1.82, 2.24) is 4.98 Å². The zero-order valence-corrected chi connectivity index (χ0v) is 10.9. The minimum Gasteiger partial charge on any atom is -0.333 e. The predicted molar refractivity (Wildman–Crippen MR) is 69.7 cm³/mol. The van der Waals surface area contributed by atoms with Crippen LogP contribution >= 0.6 is 0 Å². The molecule has 1 aromatic rings. The maximum Gasteiger partial charge on any atom is 0.289 e. The van der Waals surface area contributed by atoms with Crippen molar-refractivity contribution in [2.45, 2.75) is 27.2 Å². The second-order valence-corrected chi connectivity index (χ2v) is 3.03. The highest BCUT2D eigenvalue weighted by molar-refractivity contribution is 6.29. The van der Waals surface area contributed by atoms with Gasteiger partial charge in [-0.1, -0.05) is 26.3 Å². The van der Waals surface area contributed by atoms with Gasteiger partial charge in [0.05, 0.1) is 0 Å². The van der Waals surface area contributed by atoms with E-state index in [4.69, 9.17) is 0 Å². The number of nitrogens with one attached hydrogen (secondary N) is 1. The molecule has 0 aliphatic heterocycles. The van der Waals surface area contributed by atoms with E-state index >= 15 is 0 Å². The summed E-state index contributed by atoms with van der Waals surface area (Å²) in [5, 5.41) is 2.30. The number of aryl methyl sites for hydroxylation is 1. The first-order chi connectivity index (χ1) is 8.13. The summed E-state index contributed by atoms with van der Waals surface area (Å²) in [6, 6.07) is 3.43. The number of aldehydes is 1. The molecule has 0 spiro atoms. The zero-order chi connectivity index (χ0) is 13.7. The highest BCUT2D eigenvalue weighted by Crippen LogP contribution is 2.02. The van der Waals surface area contributed by atoms with Crippen LogP contribution in [0, 0.1) is 6.92 Å². The number of aromatic nitrogens is 1. The number of amides is 1. The van der Waals surface area contributed by atoms with Crippen LogP contribution in [0.4, 0.5) is 5.82 Å². The van der Waals surface area contributed by atoms with Gasteiger partial charge >= 0.3 is 0 Å². The van der Waals surface area contributed by atoms with E-state index in [0.717, 1.165) is 5.56 Å². The molecule has 0 radical (unpaired) electrons. The lowest BCUT2D eigenvalue weighted by molar-refractivity contribution is -0.127. The standard InChI is InChI=1S/C8H8N2O2.C3H8.CH5N/c1-6-2-3-7(9-4-6)10-8(12)5-11;1-3-2;1-2/h2-5H,1H3,(H,9,10,12);3H2,1-2H3;2H2,1H3. The fourth-order valence-electron chi connectivity index (χ4n) is 0.697. The number of anilines is 1. The van der Waals surface area contributed by atoms with Crippen molar-refractivity contribution in [3.05, 3.63) is 23.9 Å². The second kappa shape index (κ2) is 12.3. The Balaban J connectivity index is 0. The Morgan fingerprint density at radius 2 is 1.94 bits per heavy atom. The van der Waals surface area contributed by atoms with Gasteiger partial charge in [-0.2, -0.15) is 0 Å². The van der Waals surface area contributed by atoms with Crippen molar-refractivity contribution in [3.8, 4) is 0 Å². The van der Waals surface area contributed by atoms with Crippen molar-refractivity contribution in [2.75, 3.05) is 12.4 Å². The van der Waals surface area contributed by atoms with Crippen LogP contribution in [0.3, 0.4) is 0 Å². The minimum absolute atomic E-state index is 0.210. The summed E-state index contributed by atoms with van der Waals surface area (Å²) in [4.78, 5) is 24.4. The van der Waals surface area contributed by atoms with Crippen molar-refractivity contribution in [1.29, 1.82) is 0 Å². The molecule has 3 N–H and O–H groups in total. The molecule has 17 heavy (non-hydrogen) atoms. The Bertz CT molecular complexity index is 310. The van der Waals surface area contributed by atoms with E-state index in [0.29, 0.717) is 5.82 Å².